The number of hydrogen-bond donors (Lipinski definition) is 3. The van der Waals surface area contributed by atoms with E-state index in [4.69, 9.17) is 0 Å². The van der Waals surface area contributed by atoms with Crippen LogP contribution in [0.15, 0.2) is 0 Å². The minimum atomic E-state index is -0.887. The molecule has 4 nitrogen and oxygen atoms in total. The zero-order chi connectivity index (χ0) is 16.2. The van der Waals surface area contributed by atoms with Crippen LogP contribution in [0.4, 0.5) is 0 Å². The lowest BCUT2D eigenvalue weighted by Crippen LogP contribution is -2.54. The molecule has 4 heteroatoms. The maximum Gasteiger partial charge on any atom is 0.0933 e. The fraction of sp³-hybridized carbons (Fsp3) is 1.00. The molecule has 0 spiro atoms. The summed E-state index contributed by atoms with van der Waals surface area (Å²) in [6.07, 6.45) is 12.6. The van der Waals surface area contributed by atoms with Crippen LogP contribution >= 0.6 is 0 Å². The zero-order valence-electron chi connectivity index (χ0n) is 16.3. The molecule has 0 aromatic carbocycles. The molecule has 0 saturated carbocycles. The quantitative estimate of drug-likeness (QED) is 0.391. The summed E-state index contributed by atoms with van der Waals surface area (Å²) in [5, 5.41) is 22.6. The van der Waals surface area contributed by atoms with Crippen LogP contribution in [-0.4, -0.2) is 26.9 Å². The molecule has 7 N–H and O–H groups in total. The largest absolute Gasteiger partial charge is 0.412 e. The molecule has 1 unspecified atom stereocenters. The molecule has 0 radical (unpaired) electrons. The van der Waals surface area contributed by atoms with Crippen LogP contribution in [0.1, 0.15) is 111 Å². The van der Waals surface area contributed by atoms with Gasteiger partial charge in [0.15, 0.2) is 0 Å². The van der Waals surface area contributed by atoms with Gasteiger partial charge < -0.3 is 21.8 Å². The summed E-state index contributed by atoms with van der Waals surface area (Å²) in [7, 11) is 0. The van der Waals surface area contributed by atoms with Crippen LogP contribution in [-0.2, 0) is 0 Å². The van der Waals surface area contributed by atoms with E-state index in [-0.39, 0.29) is 11.6 Å². The van der Waals surface area contributed by atoms with Gasteiger partial charge in [0.25, 0.3) is 0 Å². The van der Waals surface area contributed by atoms with E-state index in [1.165, 1.54) is 0 Å². The van der Waals surface area contributed by atoms with Crippen LogP contribution < -0.4 is 6.15 Å². The van der Waals surface area contributed by atoms with E-state index in [0.717, 1.165) is 83.5 Å². The highest BCUT2D eigenvalue weighted by molar-refractivity contribution is 4.99. The molecule has 0 aromatic rings. The lowest BCUT2D eigenvalue weighted by Gasteiger charge is -2.45. The first kappa shape index (κ1) is 27.7. The van der Waals surface area contributed by atoms with E-state index in [1.807, 2.05) is 0 Å². The average molecular weight is 336 g/mol. The second kappa shape index (κ2) is 15.4. The fourth-order valence-electron chi connectivity index (χ4n) is 3.26. The fourth-order valence-corrected chi connectivity index (χ4v) is 3.26. The summed E-state index contributed by atoms with van der Waals surface area (Å²) in [5.41, 5.74) is -1.77. The van der Waals surface area contributed by atoms with Crippen LogP contribution in [0, 0.1) is 0 Å². The van der Waals surface area contributed by atoms with Crippen LogP contribution in [0.2, 0.25) is 0 Å². The molecule has 0 rings (SSSR count). The molecule has 1 atom stereocenters. The van der Waals surface area contributed by atoms with Gasteiger partial charge in [0.05, 0.1) is 11.2 Å². The van der Waals surface area contributed by atoms with E-state index in [1.54, 1.807) is 0 Å². The minimum absolute atomic E-state index is 0. The maximum absolute atomic E-state index is 11.3. The molecule has 0 aliphatic rings. The van der Waals surface area contributed by atoms with Gasteiger partial charge in [-0.15, -0.1) is 0 Å². The van der Waals surface area contributed by atoms with Gasteiger partial charge in [0.2, 0.25) is 0 Å². The van der Waals surface area contributed by atoms with Gasteiger partial charge >= 0.3 is 0 Å². The average Bonchev–Trinajstić information content (AvgIpc) is 2.49. The Morgan fingerprint density at radius 3 is 1.04 bits per heavy atom. The summed E-state index contributed by atoms with van der Waals surface area (Å²) in [6.45, 7) is 8.65. The third-order valence-corrected chi connectivity index (χ3v) is 4.89. The highest BCUT2D eigenvalue weighted by Gasteiger charge is 2.46. The van der Waals surface area contributed by atoms with Crippen LogP contribution in [0.5, 0.6) is 0 Å². The van der Waals surface area contributed by atoms with E-state index in [9.17, 15) is 10.2 Å². The Morgan fingerprint density at radius 2 is 0.783 bits per heavy atom. The Labute approximate surface area is 145 Å². The van der Waals surface area contributed by atoms with Gasteiger partial charge in [0.1, 0.15) is 0 Å². The topological polar surface area (TPSA) is 107 Å². The van der Waals surface area contributed by atoms with Crippen molar-refractivity contribution in [2.24, 2.45) is 0 Å². The van der Waals surface area contributed by atoms with Gasteiger partial charge in [-0.05, 0) is 25.7 Å². The van der Waals surface area contributed by atoms with Crippen molar-refractivity contribution in [3.05, 3.63) is 0 Å². The molecule has 0 heterocycles. The molecule has 23 heavy (non-hydrogen) atoms. The van der Waals surface area contributed by atoms with Crippen molar-refractivity contribution in [2.45, 2.75) is 122 Å². The lowest BCUT2D eigenvalue weighted by molar-refractivity contribution is -0.170. The molecule has 0 aliphatic heterocycles. The molecule has 0 aliphatic carbocycles. The Balaban J connectivity index is -0.00000200. The molecule has 0 amide bonds. The monoisotopic (exact) mass is 335 g/mol. The van der Waals surface area contributed by atoms with Crippen molar-refractivity contribution in [2.75, 3.05) is 0 Å². The zero-order valence-corrected chi connectivity index (χ0v) is 16.3. The summed E-state index contributed by atoms with van der Waals surface area (Å²) >= 11 is 0. The SMILES string of the molecule is CCCCCC(O)(CCCC)C(O)(CCCC)CCCC.N.O. The van der Waals surface area contributed by atoms with Gasteiger partial charge in [-0.2, -0.15) is 0 Å². The molecule has 144 valence electrons. The number of aliphatic hydroxyl groups is 2. The Bertz CT molecular complexity index is 241. The highest BCUT2D eigenvalue weighted by Crippen LogP contribution is 2.40. The maximum atomic E-state index is 11.3. The normalized spacial score (nSPS) is 13.8. The second-order valence-electron chi connectivity index (χ2n) is 6.83. The summed E-state index contributed by atoms with van der Waals surface area (Å²) in [6, 6.07) is 0. The van der Waals surface area contributed by atoms with Crippen molar-refractivity contribution in [3.63, 3.8) is 0 Å². The van der Waals surface area contributed by atoms with Crippen molar-refractivity contribution >= 4 is 0 Å². The summed E-state index contributed by atoms with van der Waals surface area (Å²) < 4.78 is 0. The van der Waals surface area contributed by atoms with Crippen molar-refractivity contribution < 1.29 is 15.7 Å². The second-order valence-corrected chi connectivity index (χ2v) is 6.83. The first-order chi connectivity index (χ1) is 9.99. The van der Waals surface area contributed by atoms with Gasteiger partial charge in [-0.1, -0.05) is 85.5 Å². The predicted octanol–water partition coefficient (Wildman–Crippen LogP) is 4.94. The first-order valence-electron chi connectivity index (χ1n) is 9.44. The predicted molar refractivity (Wildman–Crippen MR) is 101 cm³/mol. The highest BCUT2D eigenvalue weighted by atomic mass is 16.4. The Morgan fingerprint density at radius 1 is 0.522 bits per heavy atom. The summed E-state index contributed by atoms with van der Waals surface area (Å²) in [4.78, 5) is 0. The number of rotatable bonds is 14. The molecule has 0 bridgehead atoms. The van der Waals surface area contributed by atoms with Crippen molar-refractivity contribution in [1.82, 2.24) is 6.15 Å². The summed E-state index contributed by atoms with van der Waals surface area (Å²) in [5.74, 6) is 0. The third-order valence-electron chi connectivity index (χ3n) is 4.89. The Hall–Kier alpha value is -0.160. The molecule has 0 aromatic heterocycles. The van der Waals surface area contributed by atoms with Gasteiger partial charge in [-0.25, -0.2) is 0 Å². The Kier molecular flexibility index (Phi) is 18.5. The molecular formula is C19H45NO3. The number of unbranched alkanes of at least 4 members (excludes halogenated alkanes) is 5. The third kappa shape index (κ3) is 9.65. The molecule has 0 fully saturated rings. The van der Waals surface area contributed by atoms with Crippen molar-refractivity contribution in [3.8, 4) is 0 Å². The van der Waals surface area contributed by atoms with E-state index >= 15 is 0 Å². The van der Waals surface area contributed by atoms with Crippen molar-refractivity contribution in [1.29, 1.82) is 0 Å². The number of hydrogen-bond acceptors (Lipinski definition) is 3. The lowest BCUT2D eigenvalue weighted by atomic mass is 9.70. The smallest absolute Gasteiger partial charge is 0.0933 e. The van der Waals surface area contributed by atoms with E-state index < -0.39 is 11.2 Å². The minimum Gasteiger partial charge on any atom is -0.412 e. The van der Waals surface area contributed by atoms with E-state index in [0.29, 0.717) is 0 Å². The van der Waals surface area contributed by atoms with Crippen LogP contribution in [0.3, 0.4) is 0 Å². The van der Waals surface area contributed by atoms with Gasteiger partial charge in [-0.3, -0.25) is 0 Å². The van der Waals surface area contributed by atoms with Crippen LogP contribution in [0.25, 0.3) is 0 Å². The molecular weight excluding hydrogens is 290 g/mol. The first-order valence-corrected chi connectivity index (χ1v) is 9.44. The molecule has 0 saturated heterocycles. The standard InChI is InChI=1S/C19H40O2.H3N.H2O/c1-5-9-13-17-19(21,16-12-8-4)18(20,14-10-6-2)15-11-7-3;;/h20-21H,5-17H2,1-4H3;1H3;1H2. The van der Waals surface area contributed by atoms with E-state index in [2.05, 4.69) is 27.7 Å². The van der Waals surface area contributed by atoms with Gasteiger partial charge in [0, 0.05) is 0 Å².